The molecule has 0 amide bonds. The Morgan fingerprint density at radius 2 is 1.80 bits per heavy atom. The Morgan fingerprint density at radius 3 is 2.54 bits per heavy atom. The summed E-state index contributed by atoms with van der Waals surface area (Å²) in [4.78, 5) is 5.64. The molecule has 2 aliphatic heterocycles. The number of hydrogen-bond donors (Lipinski definition) is 1. The van der Waals surface area contributed by atoms with Gasteiger partial charge in [0.2, 0.25) is 0 Å². The van der Waals surface area contributed by atoms with Gasteiger partial charge in [-0.3, -0.25) is 9.80 Å². The van der Waals surface area contributed by atoms with E-state index in [-0.39, 0.29) is 0 Å². The largest absolute Gasteiger partial charge is 0.490 e. The summed E-state index contributed by atoms with van der Waals surface area (Å²) in [6, 6.07) is 19.4. The van der Waals surface area contributed by atoms with Crippen LogP contribution in [0.15, 0.2) is 48.5 Å². The maximum absolute atomic E-state index is 6.09. The van der Waals surface area contributed by atoms with E-state index < -0.39 is 0 Å². The van der Waals surface area contributed by atoms with Gasteiger partial charge in [0.1, 0.15) is 5.75 Å². The summed E-state index contributed by atoms with van der Waals surface area (Å²) in [5.41, 5.74) is 5.02. The first-order valence-electron chi connectivity index (χ1n) is 14.1. The quantitative estimate of drug-likeness (QED) is 0.555. The van der Waals surface area contributed by atoms with Gasteiger partial charge in [-0.25, -0.2) is 0 Å². The van der Waals surface area contributed by atoms with Crippen molar-refractivity contribution in [3.8, 4) is 5.75 Å². The van der Waals surface area contributed by atoms with Gasteiger partial charge in [-0.2, -0.15) is 0 Å². The van der Waals surface area contributed by atoms with Gasteiger partial charge in [-0.1, -0.05) is 50.2 Å². The highest BCUT2D eigenvalue weighted by Gasteiger charge is 2.51. The second kappa shape index (κ2) is 9.88. The molecule has 2 aliphatic carbocycles. The average Bonchev–Trinajstić information content (AvgIpc) is 3.69. The number of ether oxygens (including phenoxy) is 1. The first kappa shape index (κ1) is 23.5. The molecule has 2 saturated carbocycles. The van der Waals surface area contributed by atoms with E-state index in [4.69, 9.17) is 4.74 Å². The van der Waals surface area contributed by atoms with Gasteiger partial charge in [0, 0.05) is 38.3 Å². The van der Waals surface area contributed by atoms with E-state index in [2.05, 4.69) is 77.5 Å². The summed E-state index contributed by atoms with van der Waals surface area (Å²) in [5, 5.41) is 3.62. The summed E-state index contributed by atoms with van der Waals surface area (Å²) >= 11 is 0. The molecule has 2 saturated heterocycles. The molecule has 2 heterocycles. The molecule has 2 atom stereocenters. The molecule has 1 N–H and O–H groups in total. The minimum atomic E-state index is 0.454. The van der Waals surface area contributed by atoms with Crippen molar-refractivity contribution in [1.29, 1.82) is 0 Å². The van der Waals surface area contributed by atoms with E-state index >= 15 is 0 Å². The fourth-order valence-corrected chi connectivity index (χ4v) is 7.05. The smallest absolute Gasteiger partial charge is 0.120 e. The number of piperidine rings is 1. The van der Waals surface area contributed by atoms with Gasteiger partial charge in [0.25, 0.3) is 0 Å². The third-order valence-corrected chi connectivity index (χ3v) is 9.24. The van der Waals surface area contributed by atoms with E-state index in [1.54, 1.807) is 5.56 Å². The fraction of sp³-hybridized carbons (Fsp3) is 0.613. The zero-order valence-electron chi connectivity index (χ0n) is 21.7. The van der Waals surface area contributed by atoms with E-state index in [0.29, 0.717) is 23.5 Å². The number of nitrogens with zero attached hydrogens (tertiary/aromatic N) is 2. The Hall–Kier alpha value is -1.88. The Bertz CT molecular complexity index is 1010. The van der Waals surface area contributed by atoms with Crippen molar-refractivity contribution < 1.29 is 4.74 Å². The molecule has 2 aromatic rings. The molecule has 2 aromatic carbocycles. The van der Waals surface area contributed by atoms with Crippen molar-refractivity contribution in [1.82, 2.24) is 15.1 Å². The van der Waals surface area contributed by atoms with Crippen molar-refractivity contribution >= 4 is 0 Å². The molecule has 0 aromatic heterocycles. The molecule has 188 valence electrons. The number of hydrogen-bond acceptors (Lipinski definition) is 4. The van der Waals surface area contributed by atoms with Gasteiger partial charge in [0.15, 0.2) is 0 Å². The molecular formula is C31H43N3O. The molecule has 1 spiro atoms. The van der Waals surface area contributed by atoms with Crippen LogP contribution in [-0.4, -0.2) is 54.7 Å². The third kappa shape index (κ3) is 4.90. The van der Waals surface area contributed by atoms with Crippen molar-refractivity contribution in [2.45, 2.75) is 83.0 Å². The average molecular weight is 474 g/mol. The minimum absolute atomic E-state index is 0.454. The molecule has 0 bridgehead atoms. The third-order valence-electron chi connectivity index (χ3n) is 9.24. The second-order valence-electron chi connectivity index (χ2n) is 11.9. The van der Waals surface area contributed by atoms with Crippen LogP contribution in [0, 0.1) is 5.41 Å². The number of benzene rings is 2. The van der Waals surface area contributed by atoms with Crippen LogP contribution >= 0.6 is 0 Å². The summed E-state index contributed by atoms with van der Waals surface area (Å²) in [6.07, 6.45) is 8.38. The van der Waals surface area contributed by atoms with E-state index in [9.17, 15) is 0 Å². The van der Waals surface area contributed by atoms with Crippen molar-refractivity contribution in [2.75, 3.05) is 32.7 Å². The predicted octanol–water partition coefficient (Wildman–Crippen LogP) is 5.74. The molecule has 35 heavy (non-hydrogen) atoms. The monoisotopic (exact) mass is 473 g/mol. The maximum Gasteiger partial charge on any atom is 0.120 e. The highest BCUT2D eigenvalue weighted by Crippen LogP contribution is 2.53. The molecule has 2 unspecified atom stereocenters. The van der Waals surface area contributed by atoms with E-state index in [1.807, 2.05) is 0 Å². The first-order chi connectivity index (χ1) is 17.1. The Kier molecular flexibility index (Phi) is 6.64. The lowest BCUT2D eigenvalue weighted by molar-refractivity contribution is -0.0905. The number of rotatable bonds is 7. The zero-order chi connectivity index (χ0) is 23.8. The van der Waals surface area contributed by atoms with Gasteiger partial charge in [0.05, 0.1) is 6.10 Å². The molecule has 4 nitrogen and oxygen atoms in total. The SMILES string of the molecule is CC(C)c1ccccc1C1CN(Cc2cccc(OC3CC3)c2)CCN1C1CCC12CCNCC2. The second-order valence-corrected chi connectivity index (χ2v) is 11.9. The molecular weight excluding hydrogens is 430 g/mol. The molecule has 4 heteroatoms. The summed E-state index contributed by atoms with van der Waals surface area (Å²) < 4.78 is 6.09. The van der Waals surface area contributed by atoms with Crippen LogP contribution in [0.1, 0.15) is 81.0 Å². The number of piperazine rings is 1. The summed E-state index contributed by atoms with van der Waals surface area (Å²) in [7, 11) is 0. The first-order valence-corrected chi connectivity index (χ1v) is 14.1. The van der Waals surface area contributed by atoms with Crippen molar-refractivity contribution in [2.24, 2.45) is 5.41 Å². The Labute approximate surface area is 212 Å². The standard InChI is InChI=1S/C31H43N3O/c1-23(2)27-8-3-4-9-28(27)29-22-33(21-24-6-5-7-26(20-24)35-25-10-11-25)18-19-34(29)30-12-13-31(30)14-16-32-17-15-31/h3-9,20,23,25,29-30,32H,10-19,21-22H2,1-2H3. The van der Waals surface area contributed by atoms with Gasteiger partial charge >= 0.3 is 0 Å². The Balaban J connectivity index is 1.25. The lowest BCUT2D eigenvalue weighted by atomic mass is 9.58. The highest BCUT2D eigenvalue weighted by atomic mass is 16.5. The number of nitrogens with one attached hydrogen (secondary N) is 1. The maximum atomic E-state index is 6.09. The van der Waals surface area contributed by atoms with Crippen LogP contribution < -0.4 is 10.1 Å². The lowest BCUT2D eigenvalue weighted by Gasteiger charge is -2.60. The molecule has 6 rings (SSSR count). The van der Waals surface area contributed by atoms with E-state index in [1.165, 1.54) is 69.3 Å². The normalized spacial score (nSPS) is 27.2. The molecule has 0 radical (unpaired) electrons. The molecule has 4 aliphatic rings. The summed E-state index contributed by atoms with van der Waals surface area (Å²) in [5.74, 6) is 1.60. The topological polar surface area (TPSA) is 27.7 Å². The van der Waals surface area contributed by atoms with Gasteiger partial charge in [-0.15, -0.1) is 0 Å². The van der Waals surface area contributed by atoms with Crippen LogP contribution in [0.4, 0.5) is 0 Å². The van der Waals surface area contributed by atoms with Gasteiger partial charge < -0.3 is 10.1 Å². The van der Waals surface area contributed by atoms with E-state index in [0.717, 1.165) is 31.4 Å². The highest BCUT2D eigenvalue weighted by molar-refractivity contribution is 5.34. The van der Waals surface area contributed by atoms with Crippen LogP contribution in [0.5, 0.6) is 5.75 Å². The molecule has 4 fully saturated rings. The van der Waals surface area contributed by atoms with Crippen LogP contribution in [0.2, 0.25) is 0 Å². The fourth-order valence-electron chi connectivity index (χ4n) is 7.05. The summed E-state index contributed by atoms with van der Waals surface area (Å²) in [6.45, 7) is 11.6. The van der Waals surface area contributed by atoms with Crippen LogP contribution in [-0.2, 0) is 6.54 Å². The van der Waals surface area contributed by atoms with Crippen molar-refractivity contribution in [3.05, 3.63) is 65.2 Å². The predicted molar refractivity (Wildman–Crippen MR) is 143 cm³/mol. The zero-order valence-corrected chi connectivity index (χ0v) is 21.7. The minimum Gasteiger partial charge on any atom is -0.490 e. The van der Waals surface area contributed by atoms with Crippen LogP contribution in [0.25, 0.3) is 0 Å². The van der Waals surface area contributed by atoms with Gasteiger partial charge in [-0.05, 0) is 91.8 Å². The van der Waals surface area contributed by atoms with Crippen molar-refractivity contribution in [3.63, 3.8) is 0 Å². The van der Waals surface area contributed by atoms with Crippen LogP contribution in [0.3, 0.4) is 0 Å². The Morgan fingerprint density at radius 1 is 0.971 bits per heavy atom. The lowest BCUT2D eigenvalue weighted by Crippen LogP contribution is -2.63.